The number of rotatable bonds is 1. The summed E-state index contributed by atoms with van der Waals surface area (Å²) in [7, 11) is 0. The molecular weight excluding hydrogens is 164 g/mol. The molecule has 0 N–H and O–H groups in total. The fraction of sp³-hybridized carbons (Fsp3) is 0.273. The molecule has 0 unspecified atom stereocenters. The first kappa shape index (κ1) is 8.17. The van der Waals surface area contributed by atoms with Crippen LogP contribution in [0.3, 0.4) is 0 Å². The van der Waals surface area contributed by atoms with E-state index in [0.29, 0.717) is 6.79 Å². The molecule has 0 fully saturated rings. The van der Waals surface area contributed by atoms with Gasteiger partial charge in [0.05, 0.1) is 0 Å². The number of hydrogen-bond donors (Lipinski definition) is 0. The van der Waals surface area contributed by atoms with Gasteiger partial charge in [-0.3, -0.25) is 0 Å². The van der Waals surface area contributed by atoms with Crippen LogP contribution in [0, 0.1) is 0 Å². The molecule has 0 atom stereocenters. The van der Waals surface area contributed by atoms with Gasteiger partial charge in [0, 0.05) is 0 Å². The van der Waals surface area contributed by atoms with E-state index in [0.717, 1.165) is 11.5 Å². The first-order valence-corrected chi connectivity index (χ1v) is 4.34. The van der Waals surface area contributed by atoms with Gasteiger partial charge in [-0.15, -0.1) is 0 Å². The van der Waals surface area contributed by atoms with Gasteiger partial charge in [-0.05, 0) is 37.1 Å². The van der Waals surface area contributed by atoms with Gasteiger partial charge >= 0.3 is 0 Å². The molecule has 68 valence electrons. The minimum absolute atomic E-state index is 0.341. The van der Waals surface area contributed by atoms with E-state index in [4.69, 9.17) is 9.47 Å². The van der Waals surface area contributed by atoms with Crippen molar-refractivity contribution in [1.82, 2.24) is 0 Å². The van der Waals surface area contributed by atoms with Crippen LogP contribution in [-0.2, 0) is 0 Å². The Morgan fingerprint density at radius 1 is 1.31 bits per heavy atom. The average molecular weight is 176 g/mol. The molecular formula is C11H12O2. The molecule has 2 rings (SSSR count). The molecule has 0 radical (unpaired) electrons. The average Bonchev–Trinajstić information content (AvgIpc) is 2.63. The second-order valence-electron chi connectivity index (χ2n) is 3.04. The smallest absolute Gasteiger partial charge is 0.231 e. The molecule has 0 spiro atoms. The second kappa shape index (κ2) is 3.13. The highest BCUT2D eigenvalue weighted by molar-refractivity contribution is 5.66. The van der Waals surface area contributed by atoms with Gasteiger partial charge < -0.3 is 9.47 Å². The Labute approximate surface area is 77.8 Å². The van der Waals surface area contributed by atoms with Crippen molar-refractivity contribution in [1.29, 1.82) is 0 Å². The van der Waals surface area contributed by atoms with Crippen LogP contribution in [0.15, 0.2) is 24.3 Å². The Hall–Kier alpha value is -1.44. The molecule has 1 aromatic rings. The normalized spacial score (nSPS) is 14.8. The van der Waals surface area contributed by atoms with Crippen LogP contribution < -0.4 is 9.47 Å². The Morgan fingerprint density at radius 3 is 2.85 bits per heavy atom. The molecule has 1 aromatic carbocycles. The molecule has 0 saturated heterocycles. The third kappa shape index (κ3) is 1.39. The molecule has 0 amide bonds. The van der Waals surface area contributed by atoms with Crippen LogP contribution >= 0.6 is 0 Å². The van der Waals surface area contributed by atoms with E-state index in [1.807, 2.05) is 25.1 Å². The van der Waals surface area contributed by atoms with Gasteiger partial charge in [0.2, 0.25) is 6.79 Å². The third-order valence-electron chi connectivity index (χ3n) is 2.26. The molecule has 0 aromatic heterocycles. The predicted molar refractivity (Wildman–Crippen MR) is 51.9 cm³/mol. The molecule has 1 aliphatic heterocycles. The highest BCUT2D eigenvalue weighted by Crippen LogP contribution is 2.34. The lowest BCUT2D eigenvalue weighted by molar-refractivity contribution is 0.174. The maximum atomic E-state index is 5.28. The van der Waals surface area contributed by atoms with Crippen LogP contribution in [0.4, 0.5) is 0 Å². The largest absolute Gasteiger partial charge is 0.454 e. The molecule has 1 aliphatic rings. The second-order valence-corrected chi connectivity index (χ2v) is 3.04. The van der Waals surface area contributed by atoms with Crippen LogP contribution in [0.5, 0.6) is 11.5 Å². The fourth-order valence-electron chi connectivity index (χ4n) is 1.31. The highest BCUT2D eigenvalue weighted by atomic mass is 16.7. The van der Waals surface area contributed by atoms with Crippen LogP contribution in [0.1, 0.15) is 19.4 Å². The summed E-state index contributed by atoms with van der Waals surface area (Å²) in [6.45, 7) is 4.45. The lowest BCUT2D eigenvalue weighted by Gasteiger charge is -2.01. The van der Waals surface area contributed by atoms with Crippen molar-refractivity contribution in [3.63, 3.8) is 0 Å². The molecule has 0 saturated carbocycles. The van der Waals surface area contributed by atoms with E-state index < -0.39 is 0 Å². The number of ether oxygens (including phenoxy) is 2. The van der Waals surface area contributed by atoms with Gasteiger partial charge in [-0.2, -0.15) is 0 Å². The summed E-state index contributed by atoms with van der Waals surface area (Å²) in [5.41, 5.74) is 2.44. The summed E-state index contributed by atoms with van der Waals surface area (Å²) in [5.74, 6) is 1.69. The van der Waals surface area contributed by atoms with Crippen molar-refractivity contribution in [3.8, 4) is 11.5 Å². The van der Waals surface area contributed by atoms with Gasteiger partial charge in [0.15, 0.2) is 11.5 Å². The van der Waals surface area contributed by atoms with Crippen molar-refractivity contribution in [2.45, 2.75) is 13.8 Å². The van der Waals surface area contributed by atoms with Crippen LogP contribution in [-0.4, -0.2) is 6.79 Å². The van der Waals surface area contributed by atoms with E-state index in [1.165, 1.54) is 11.1 Å². The Kier molecular flexibility index (Phi) is 1.97. The van der Waals surface area contributed by atoms with E-state index in [9.17, 15) is 0 Å². The SMILES string of the molecule is C/C=C(/C)c1ccc2c(c1)OCO2. The zero-order valence-electron chi connectivity index (χ0n) is 7.83. The molecule has 13 heavy (non-hydrogen) atoms. The van der Waals surface area contributed by atoms with Crippen LogP contribution in [0.2, 0.25) is 0 Å². The standard InChI is InChI=1S/C11H12O2/c1-3-8(2)9-4-5-10-11(6-9)13-7-12-10/h3-6H,7H2,1-2H3/b8-3-. The van der Waals surface area contributed by atoms with Gasteiger partial charge in [0.1, 0.15) is 0 Å². The van der Waals surface area contributed by atoms with Gasteiger partial charge in [-0.1, -0.05) is 12.1 Å². The first-order chi connectivity index (χ1) is 6.31. The van der Waals surface area contributed by atoms with Gasteiger partial charge in [-0.25, -0.2) is 0 Å². The lowest BCUT2D eigenvalue weighted by atomic mass is 10.1. The van der Waals surface area contributed by atoms with Crippen molar-refractivity contribution in [2.75, 3.05) is 6.79 Å². The Bertz CT molecular complexity index is 353. The molecule has 0 aliphatic carbocycles. The number of fused-ring (bicyclic) bond motifs is 1. The zero-order valence-corrected chi connectivity index (χ0v) is 7.83. The molecule has 0 bridgehead atoms. The Morgan fingerprint density at radius 2 is 2.08 bits per heavy atom. The lowest BCUT2D eigenvalue weighted by Crippen LogP contribution is -1.92. The maximum absolute atomic E-state index is 5.28. The molecule has 2 heteroatoms. The van der Waals surface area contributed by atoms with Crippen molar-refractivity contribution in [2.24, 2.45) is 0 Å². The van der Waals surface area contributed by atoms with Crippen molar-refractivity contribution >= 4 is 5.57 Å². The maximum Gasteiger partial charge on any atom is 0.231 e. The quantitative estimate of drug-likeness (QED) is 0.655. The number of allylic oxidation sites excluding steroid dienone is 2. The van der Waals surface area contributed by atoms with Crippen LogP contribution in [0.25, 0.3) is 5.57 Å². The first-order valence-electron chi connectivity index (χ1n) is 4.34. The minimum atomic E-state index is 0.341. The summed E-state index contributed by atoms with van der Waals surface area (Å²) in [4.78, 5) is 0. The third-order valence-corrected chi connectivity index (χ3v) is 2.26. The topological polar surface area (TPSA) is 18.5 Å². The summed E-state index contributed by atoms with van der Waals surface area (Å²) in [6, 6.07) is 6.01. The molecule has 2 nitrogen and oxygen atoms in total. The van der Waals surface area contributed by atoms with E-state index in [1.54, 1.807) is 0 Å². The van der Waals surface area contributed by atoms with E-state index in [-0.39, 0.29) is 0 Å². The monoisotopic (exact) mass is 176 g/mol. The Balaban J connectivity index is 2.41. The minimum Gasteiger partial charge on any atom is -0.454 e. The number of benzene rings is 1. The predicted octanol–water partition coefficient (Wildman–Crippen LogP) is 2.84. The summed E-state index contributed by atoms with van der Waals surface area (Å²) < 4.78 is 10.5. The van der Waals surface area contributed by atoms with E-state index in [2.05, 4.69) is 13.0 Å². The van der Waals surface area contributed by atoms with Gasteiger partial charge in [0.25, 0.3) is 0 Å². The van der Waals surface area contributed by atoms with Crippen molar-refractivity contribution in [3.05, 3.63) is 29.8 Å². The summed E-state index contributed by atoms with van der Waals surface area (Å²) in [5, 5.41) is 0. The highest BCUT2D eigenvalue weighted by Gasteiger charge is 2.12. The number of hydrogen-bond acceptors (Lipinski definition) is 2. The molecule has 1 heterocycles. The van der Waals surface area contributed by atoms with Crippen molar-refractivity contribution < 1.29 is 9.47 Å². The summed E-state index contributed by atoms with van der Waals surface area (Å²) in [6.07, 6.45) is 2.08. The zero-order chi connectivity index (χ0) is 9.26. The fourth-order valence-corrected chi connectivity index (χ4v) is 1.31. The summed E-state index contributed by atoms with van der Waals surface area (Å²) >= 11 is 0. The van der Waals surface area contributed by atoms with E-state index >= 15 is 0 Å².